The van der Waals surface area contributed by atoms with Gasteiger partial charge in [0, 0.05) is 18.3 Å². The second-order valence-electron chi connectivity index (χ2n) is 8.48. The lowest BCUT2D eigenvalue weighted by molar-refractivity contribution is -0.137. The van der Waals surface area contributed by atoms with Gasteiger partial charge in [-0.25, -0.2) is 8.78 Å². The van der Waals surface area contributed by atoms with Gasteiger partial charge in [0.1, 0.15) is 17.7 Å². The van der Waals surface area contributed by atoms with Crippen molar-refractivity contribution in [2.24, 2.45) is 11.7 Å². The molecular weight excluding hydrogens is 414 g/mol. The monoisotopic (exact) mass is 446 g/mol. The van der Waals surface area contributed by atoms with Crippen molar-refractivity contribution in [3.63, 3.8) is 0 Å². The number of hydrogen-bond acceptors (Lipinski definition) is 4. The number of benzene rings is 1. The molecule has 2 heterocycles. The van der Waals surface area contributed by atoms with Crippen LogP contribution in [-0.2, 0) is 9.59 Å². The molecule has 0 spiro atoms. The van der Waals surface area contributed by atoms with E-state index >= 15 is 0 Å². The Morgan fingerprint density at radius 2 is 1.78 bits per heavy atom. The molecule has 0 saturated carbocycles. The number of carbonyl (C=O) groups is 2. The van der Waals surface area contributed by atoms with Crippen LogP contribution in [0, 0.1) is 17.6 Å². The summed E-state index contributed by atoms with van der Waals surface area (Å²) in [5.74, 6) is -1.01. The summed E-state index contributed by atoms with van der Waals surface area (Å²) in [6, 6.07) is 5.88. The van der Waals surface area contributed by atoms with Crippen LogP contribution < -0.4 is 11.1 Å². The first-order valence-corrected chi connectivity index (χ1v) is 10.9. The second kappa shape index (κ2) is 11.7. The predicted octanol–water partition coefficient (Wildman–Crippen LogP) is 3.82. The van der Waals surface area contributed by atoms with Crippen LogP contribution in [-0.4, -0.2) is 40.8 Å². The Kier molecular flexibility index (Phi) is 9.26. The molecule has 1 aromatic heterocycles. The largest absolute Gasteiger partial charge is 0.346 e. The Morgan fingerprint density at radius 1 is 1.16 bits per heavy atom. The number of amides is 2. The molecule has 2 aromatic rings. The number of likely N-dealkylation sites (tertiary alicyclic amines) is 1. The number of carbonyl (C=O) groups excluding carboxylic acids is 2. The van der Waals surface area contributed by atoms with Gasteiger partial charge in [0.05, 0.1) is 23.8 Å². The summed E-state index contributed by atoms with van der Waals surface area (Å²) < 4.78 is 27.8. The van der Waals surface area contributed by atoms with Gasteiger partial charge in [-0.15, -0.1) is 0 Å². The van der Waals surface area contributed by atoms with E-state index in [1.165, 1.54) is 29.3 Å². The maximum absolute atomic E-state index is 13.9. The van der Waals surface area contributed by atoms with Crippen molar-refractivity contribution in [2.75, 3.05) is 13.1 Å². The van der Waals surface area contributed by atoms with Crippen LogP contribution in [0.1, 0.15) is 52.3 Å². The first-order chi connectivity index (χ1) is 15.1. The summed E-state index contributed by atoms with van der Waals surface area (Å²) in [6.07, 6.45) is 2.71. The first-order valence-electron chi connectivity index (χ1n) is 10.9. The van der Waals surface area contributed by atoms with Crippen molar-refractivity contribution in [1.29, 1.82) is 0 Å². The second-order valence-corrected chi connectivity index (χ2v) is 8.48. The highest BCUT2D eigenvalue weighted by Gasteiger charge is 2.34. The van der Waals surface area contributed by atoms with E-state index in [0.29, 0.717) is 24.2 Å². The van der Waals surface area contributed by atoms with Gasteiger partial charge in [0.15, 0.2) is 0 Å². The molecule has 0 unspecified atom stereocenters. The van der Waals surface area contributed by atoms with Gasteiger partial charge >= 0.3 is 0 Å². The van der Waals surface area contributed by atoms with E-state index < -0.39 is 23.7 Å². The van der Waals surface area contributed by atoms with Gasteiger partial charge in [-0.05, 0) is 43.9 Å². The molecule has 32 heavy (non-hydrogen) atoms. The molecule has 0 aliphatic carbocycles. The standard InChI is InChI=1S/C20H22F2N4O2.C4H10/c1-12(25-20(28)17-6-3-9-26(17)18(27)10-23)16-8-7-13(11-24-16)19-14(21)4-2-5-15(19)22;1-4(2)3/h2,4-5,7-8,11-12,17H,3,6,9-10,23H2,1H3,(H,25,28);4H,1-3H3/t12-,17-;/m0./s1. The summed E-state index contributed by atoms with van der Waals surface area (Å²) in [5.41, 5.74) is 6.12. The fraction of sp³-hybridized carbons (Fsp3) is 0.458. The fourth-order valence-corrected chi connectivity index (χ4v) is 3.42. The molecule has 0 radical (unpaired) electrons. The Balaban J connectivity index is 0.000000837. The number of nitrogens with one attached hydrogen (secondary N) is 1. The highest BCUT2D eigenvalue weighted by Crippen LogP contribution is 2.26. The third kappa shape index (κ3) is 6.56. The molecule has 2 atom stereocenters. The maximum atomic E-state index is 13.9. The van der Waals surface area contributed by atoms with Crippen molar-refractivity contribution in [2.45, 2.75) is 52.6 Å². The quantitative estimate of drug-likeness (QED) is 0.731. The van der Waals surface area contributed by atoms with Crippen molar-refractivity contribution in [3.8, 4) is 11.1 Å². The zero-order valence-electron chi connectivity index (χ0n) is 19.1. The summed E-state index contributed by atoms with van der Waals surface area (Å²) in [7, 11) is 0. The zero-order chi connectivity index (χ0) is 23.8. The van der Waals surface area contributed by atoms with Crippen molar-refractivity contribution in [1.82, 2.24) is 15.2 Å². The Hall–Kier alpha value is -2.87. The summed E-state index contributed by atoms with van der Waals surface area (Å²) in [6.45, 7) is 8.65. The molecule has 1 aliphatic heterocycles. The molecule has 1 saturated heterocycles. The van der Waals surface area contributed by atoms with Crippen LogP contribution in [0.15, 0.2) is 36.5 Å². The van der Waals surface area contributed by atoms with Crippen LogP contribution in [0.4, 0.5) is 8.78 Å². The molecule has 8 heteroatoms. The number of halogens is 2. The highest BCUT2D eigenvalue weighted by atomic mass is 19.1. The zero-order valence-corrected chi connectivity index (χ0v) is 19.1. The van der Waals surface area contributed by atoms with E-state index in [0.717, 1.165) is 12.3 Å². The van der Waals surface area contributed by atoms with Gasteiger partial charge in [-0.3, -0.25) is 14.6 Å². The van der Waals surface area contributed by atoms with E-state index in [2.05, 4.69) is 31.1 Å². The van der Waals surface area contributed by atoms with Crippen molar-refractivity contribution in [3.05, 3.63) is 53.9 Å². The molecule has 1 aromatic carbocycles. The Bertz CT molecular complexity index is 896. The number of aromatic nitrogens is 1. The van der Waals surface area contributed by atoms with Crippen LogP contribution in [0.3, 0.4) is 0 Å². The number of rotatable bonds is 5. The van der Waals surface area contributed by atoms with Crippen molar-refractivity contribution >= 4 is 11.8 Å². The minimum absolute atomic E-state index is 0.130. The van der Waals surface area contributed by atoms with Crippen LogP contribution in [0.25, 0.3) is 11.1 Å². The normalized spacial score (nSPS) is 16.4. The van der Waals surface area contributed by atoms with Gasteiger partial charge < -0.3 is 16.0 Å². The molecule has 174 valence electrons. The number of pyridine rings is 1. The van der Waals surface area contributed by atoms with Crippen LogP contribution >= 0.6 is 0 Å². The lowest BCUT2D eigenvalue weighted by Crippen LogP contribution is -2.48. The van der Waals surface area contributed by atoms with E-state index in [4.69, 9.17) is 5.73 Å². The molecule has 6 nitrogen and oxygen atoms in total. The minimum atomic E-state index is -0.665. The smallest absolute Gasteiger partial charge is 0.243 e. The van der Waals surface area contributed by atoms with E-state index in [1.807, 2.05) is 0 Å². The number of hydrogen-bond donors (Lipinski definition) is 2. The molecule has 0 bridgehead atoms. The van der Waals surface area contributed by atoms with Crippen molar-refractivity contribution < 1.29 is 18.4 Å². The van der Waals surface area contributed by atoms with E-state index in [1.54, 1.807) is 19.1 Å². The molecule has 3 rings (SSSR count). The topological polar surface area (TPSA) is 88.3 Å². The summed E-state index contributed by atoms with van der Waals surface area (Å²) in [4.78, 5) is 30.2. The summed E-state index contributed by atoms with van der Waals surface area (Å²) in [5, 5.41) is 2.84. The van der Waals surface area contributed by atoms with Gasteiger partial charge in [-0.1, -0.05) is 32.9 Å². The van der Waals surface area contributed by atoms with Gasteiger partial charge in [0.2, 0.25) is 11.8 Å². The predicted molar refractivity (Wildman–Crippen MR) is 120 cm³/mol. The number of nitrogens with zero attached hydrogens (tertiary/aromatic N) is 2. The maximum Gasteiger partial charge on any atom is 0.243 e. The number of nitrogens with two attached hydrogens (primary N) is 1. The highest BCUT2D eigenvalue weighted by molar-refractivity contribution is 5.89. The lowest BCUT2D eigenvalue weighted by Gasteiger charge is -2.25. The SMILES string of the molecule is CC(C)C.C[C@H](NC(=O)[C@@H]1CCCN1C(=O)CN)c1ccc(-c2c(F)cccc2F)cn1. The molecule has 3 N–H and O–H groups in total. The van der Waals surface area contributed by atoms with E-state index in [9.17, 15) is 18.4 Å². The third-order valence-electron chi connectivity index (χ3n) is 4.89. The summed E-state index contributed by atoms with van der Waals surface area (Å²) >= 11 is 0. The molecule has 1 aliphatic rings. The van der Waals surface area contributed by atoms with Gasteiger partial charge in [-0.2, -0.15) is 0 Å². The molecular formula is C24H32F2N4O2. The third-order valence-corrected chi connectivity index (χ3v) is 4.89. The lowest BCUT2D eigenvalue weighted by atomic mass is 10.1. The molecule has 2 amide bonds. The Labute approximate surface area is 188 Å². The van der Waals surface area contributed by atoms with E-state index in [-0.39, 0.29) is 23.9 Å². The fourth-order valence-electron chi connectivity index (χ4n) is 3.42. The first kappa shape index (κ1) is 25.4. The van der Waals surface area contributed by atoms with Crippen LogP contribution in [0.5, 0.6) is 0 Å². The molecule has 1 fully saturated rings. The average Bonchev–Trinajstić information content (AvgIpc) is 3.23. The average molecular weight is 447 g/mol. The van der Waals surface area contributed by atoms with Crippen LogP contribution in [0.2, 0.25) is 0 Å². The Morgan fingerprint density at radius 3 is 2.31 bits per heavy atom. The van der Waals surface area contributed by atoms with Gasteiger partial charge in [0.25, 0.3) is 0 Å². The minimum Gasteiger partial charge on any atom is -0.346 e.